The zero-order valence-electron chi connectivity index (χ0n) is 16.6. The van der Waals surface area contributed by atoms with E-state index in [1.54, 1.807) is 19.1 Å². The van der Waals surface area contributed by atoms with Crippen LogP contribution in [0.15, 0.2) is 51.7 Å². The van der Waals surface area contributed by atoms with Crippen molar-refractivity contribution in [2.45, 2.75) is 6.92 Å². The van der Waals surface area contributed by atoms with Crippen molar-refractivity contribution in [1.29, 1.82) is 5.26 Å². The topological polar surface area (TPSA) is 135 Å². The highest BCUT2D eigenvalue weighted by atomic mass is 16.5. The smallest absolute Gasteiger partial charge is 0.285 e. The van der Waals surface area contributed by atoms with Crippen molar-refractivity contribution in [3.8, 4) is 34.4 Å². The molecule has 0 saturated heterocycles. The Morgan fingerprint density at radius 3 is 2.68 bits per heavy atom. The number of H-pyrrole nitrogens is 1. The maximum atomic E-state index is 13.4. The third-order valence-electron chi connectivity index (χ3n) is 5.05. The molecule has 3 N–H and O–H groups in total. The van der Waals surface area contributed by atoms with E-state index in [-0.39, 0.29) is 17.1 Å². The number of nitrogens with two attached hydrogens (primary N) is 1. The molecular formula is C22H16N6O3. The lowest BCUT2D eigenvalue weighted by Gasteiger charge is -2.03. The minimum atomic E-state index is -0.431. The van der Waals surface area contributed by atoms with E-state index in [9.17, 15) is 10.1 Å². The fourth-order valence-corrected chi connectivity index (χ4v) is 3.67. The van der Waals surface area contributed by atoms with E-state index in [2.05, 4.69) is 21.1 Å². The molecule has 0 radical (unpaired) electrons. The lowest BCUT2D eigenvalue weighted by molar-refractivity contribution is 0.419. The number of anilines is 1. The Labute approximate surface area is 175 Å². The molecule has 0 unspecified atom stereocenters. The summed E-state index contributed by atoms with van der Waals surface area (Å²) >= 11 is 0. The number of hydrogen-bond acceptors (Lipinski definition) is 7. The first kappa shape index (κ1) is 18.4. The molecule has 5 rings (SSSR count). The Hall–Kier alpha value is -4.58. The molecule has 3 heterocycles. The highest BCUT2D eigenvalue weighted by Gasteiger charge is 2.23. The number of ether oxygens (including phenoxy) is 1. The number of aromatic nitrogens is 4. The molecule has 0 spiro atoms. The second-order valence-corrected chi connectivity index (χ2v) is 6.96. The normalized spacial score (nSPS) is 11.1. The summed E-state index contributed by atoms with van der Waals surface area (Å²) in [5.74, 6) is 0.535. The number of hydrogen-bond donors (Lipinski definition) is 2. The van der Waals surface area contributed by atoms with Gasteiger partial charge in [0.15, 0.2) is 22.5 Å². The summed E-state index contributed by atoms with van der Waals surface area (Å²) in [6.45, 7) is 1.70. The summed E-state index contributed by atoms with van der Waals surface area (Å²) in [6.07, 6.45) is 0. The number of nitriles is 1. The first-order valence-electron chi connectivity index (χ1n) is 9.37. The highest BCUT2D eigenvalue weighted by molar-refractivity contribution is 5.86. The Balaban J connectivity index is 1.80. The molecule has 3 aromatic heterocycles. The Bertz CT molecular complexity index is 1570. The standard InChI is InChI=1S/C22H16N6O3/c1-11-17(21-26-19-15(30-2)8-13(24)9-16(19)31-21)22(29)28-20(25-11)18(14(10-23)27-28)12-6-4-3-5-7-12/h3-9,27H,24H2,1-2H3. The van der Waals surface area contributed by atoms with Crippen LogP contribution in [0.25, 0.3) is 39.3 Å². The van der Waals surface area contributed by atoms with Crippen LogP contribution < -0.4 is 16.0 Å². The molecule has 0 amide bonds. The third-order valence-corrected chi connectivity index (χ3v) is 5.05. The number of nitrogens with one attached hydrogen (secondary N) is 1. The maximum absolute atomic E-state index is 13.4. The number of aryl methyl sites for hydroxylation is 1. The monoisotopic (exact) mass is 412 g/mol. The van der Waals surface area contributed by atoms with Crippen LogP contribution in [0, 0.1) is 18.3 Å². The number of methoxy groups -OCH3 is 1. The van der Waals surface area contributed by atoms with Crippen molar-refractivity contribution in [1.82, 2.24) is 19.6 Å². The lowest BCUT2D eigenvalue weighted by atomic mass is 10.1. The van der Waals surface area contributed by atoms with Gasteiger partial charge < -0.3 is 14.9 Å². The van der Waals surface area contributed by atoms with Gasteiger partial charge in [-0.2, -0.15) is 9.78 Å². The van der Waals surface area contributed by atoms with Crippen molar-refractivity contribution in [3.63, 3.8) is 0 Å². The van der Waals surface area contributed by atoms with E-state index in [4.69, 9.17) is 14.9 Å². The maximum Gasteiger partial charge on any atom is 0.285 e. The highest BCUT2D eigenvalue weighted by Crippen LogP contribution is 2.33. The molecule has 0 aliphatic carbocycles. The molecule has 152 valence electrons. The summed E-state index contributed by atoms with van der Waals surface area (Å²) in [4.78, 5) is 22.5. The first-order valence-corrected chi connectivity index (χ1v) is 9.37. The summed E-state index contributed by atoms with van der Waals surface area (Å²) in [7, 11) is 1.50. The van der Waals surface area contributed by atoms with Gasteiger partial charge in [-0.05, 0) is 12.5 Å². The zero-order valence-corrected chi connectivity index (χ0v) is 16.6. The summed E-state index contributed by atoms with van der Waals surface area (Å²) < 4.78 is 12.4. The van der Waals surface area contributed by atoms with Gasteiger partial charge in [-0.25, -0.2) is 9.97 Å². The molecule has 0 aliphatic rings. The van der Waals surface area contributed by atoms with Gasteiger partial charge >= 0.3 is 0 Å². The second-order valence-electron chi connectivity index (χ2n) is 6.96. The summed E-state index contributed by atoms with van der Waals surface area (Å²) in [6, 6.07) is 14.7. The summed E-state index contributed by atoms with van der Waals surface area (Å²) in [5, 5.41) is 12.5. The molecule has 0 saturated carbocycles. The van der Waals surface area contributed by atoms with Crippen LogP contribution >= 0.6 is 0 Å². The Morgan fingerprint density at radius 2 is 1.97 bits per heavy atom. The number of benzene rings is 2. The Kier molecular flexibility index (Phi) is 4.01. The van der Waals surface area contributed by atoms with Crippen LogP contribution in [-0.2, 0) is 0 Å². The van der Waals surface area contributed by atoms with Crippen LogP contribution in [-0.4, -0.2) is 26.7 Å². The molecule has 0 atom stereocenters. The van der Waals surface area contributed by atoms with Crippen LogP contribution in [0.3, 0.4) is 0 Å². The quantitative estimate of drug-likeness (QED) is 0.434. The van der Waals surface area contributed by atoms with Gasteiger partial charge in [0.2, 0.25) is 5.89 Å². The predicted octanol–water partition coefficient (Wildman–Crippen LogP) is 3.27. The second kappa shape index (κ2) is 6.74. The molecule has 0 fully saturated rings. The number of nitrogen functional groups attached to an aromatic ring is 1. The van der Waals surface area contributed by atoms with E-state index >= 15 is 0 Å². The van der Waals surface area contributed by atoms with Gasteiger partial charge in [0.25, 0.3) is 5.56 Å². The van der Waals surface area contributed by atoms with Crippen molar-refractivity contribution < 1.29 is 9.15 Å². The van der Waals surface area contributed by atoms with Crippen LogP contribution in [0.1, 0.15) is 11.4 Å². The number of oxazole rings is 1. The fourth-order valence-electron chi connectivity index (χ4n) is 3.67. The zero-order chi connectivity index (χ0) is 21.7. The molecule has 9 heteroatoms. The van der Waals surface area contributed by atoms with Gasteiger partial charge in [-0.15, -0.1) is 0 Å². The van der Waals surface area contributed by atoms with Crippen molar-refractivity contribution in [2.24, 2.45) is 0 Å². The van der Waals surface area contributed by atoms with Crippen LogP contribution in [0.5, 0.6) is 5.75 Å². The minimum absolute atomic E-state index is 0.0951. The number of rotatable bonds is 3. The molecule has 9 nitrogen and oxygen atoms in total. The fraction of sp³-hybridized carbons (Fsp3) is 0.0909. The minimum Gasteiger partial charge on any atom is -0.494 e. The van der Waals surface area contributed by atoms with Crippen LogP contribution in [0.4, 0.5) is 5.69 Å². The van der Waals surface area contributed by atoms with E-state index in [1.807, 2.05) is 30.3 Å². The van der Waals surface area contributed by atoms with Gasteiger partial charge in [0.1, 0.15) is 17.3 Å². The molecule has 5 aromatic rings. The summed E-state index contributed by atoms with van der Waals surface area (Å²) in [5.41, 5.74) is 9.27. The number of nitrogens with zero attached hydrogens (tertiary/aromatic N) is 4. The molecule has 2 aromatic carbocycles. The molecular weight excluding hydrogens is 396 g/mol. The number of fused-ring (bicyclic) bond motifs is 2. The first-order chi connectivity index (χ1) is 15.0. The third kappa shape index (κ3) is 2.73. The lowest BCUT2D eigenvalue weighted by Crippen LogP contribution is -2.19. The van der Waals surface area contributed by atoms with E-state index < -0.39 is 5.56 Å². The average molecular weight is 412 g/mol. The van der Waals surface area contributed by atoms with Gasteiger partial charge in [-0.3, -0.25) is 9.89 Å². The molecule has 0 aliphatic heterocycles. The van der Waals surface area contributed by atoms with E-state index in [0.717, 1.165) is 5.56 Å². The Morgan fingerprint density at radius 1 is 1.19 bits per heavy atom. The van der Waals surface area contributed by atoms with Crippen molar-refractivity contribution in [3.05, 3.63) is 64.2 Å². The average Bonchev–Trinajstić information content (AvgIpc) is 3.35. The van der Waals surface area contributed by atoms with Gasteiger partial charge in [0, 0.05) is 17.8 Å². The van der Waals surface area contributed by atoms with Gasteiger partial charge in [0.05, 0.1) is 18.4 Å². The van der Waals surface area contributed by atoms with E-state index in [1.165, 1.54) is 11.6 Å². The molecule has 0 bridgehead atoms. The predicted molar refractivity (Wildman–Crippen MR) is 115 cm³/mol. The number of aromatic amines is 1. The van der Waals surface area contributed by atoms with Crippen molar-refractivity contribution >= 4 is 22.4 Å². The SMILES string of the molecule is COc1cc(N)cc2oc(-c3c(C)nc4c(-c5ccccc5)c(C#N)[nH]n4c3=O)nc12. The van der Waals surface area contributed by atoms with Crippen molar-refractivity contribution in [2.75, 3.05) is 12.8 Å². The molecule has 31 heavy (non-hydrogen) atoms. The van der Waals surface area contributed by atoms with Crippen LogP contribution in [0.2, 0.25) is 0 Å². The van der Waals surface area contributed by atoms with Gasteiger partial charge in [-0.1, -0.05) is 30.3 Å². The largest absolute Gasteiger partial charge is 0.494 e. The van der Waals surface area contributed by atoms with E-state index in [0.29, 0.717) is 39.4 Å².